The second-order valence-corrected chi connectivity index (χ2v) is 6.57. The van der Waals surface area contributed by atoms with E-state index in [0.29, 0.717) is 22.7 Å². The average Bonchev–Trinajstić information content (AvgIpc) is 2.75. The van der Waals surface area contributed by atoms with Crippen molar-refractivity contribution in [3.8, 4) is 5.75 Å². The van der Waals surface area contributed by atoms with Gasteiger partial charge in [-0.15, -0.1) is 0 Å². The van der Waals surface area contributed by atoms with Gasteiger partial charge in [0.15, 0.2) is 0 Å². The molecule has 0 saturated carbocycles. The summed E-state index contributed by atoms with van der Waals surface area (Å²) in [6.45, 7) is 3.49. The van der Waals surface area contributed by atoms with Crippen molar-refractivity contribution in [2.45, 2.75) is 13.8 Å². The van der Waals surface area contributed by atoms with Crippen LogP contribution in [0.2, 0.25) is 0 Å². The number of nitrogens with zero attached hydrogens (tertiary/aromatic N) is 5. The van der Waals surface area contributed by atoms with Crippen molar-refractivity contribution in [3.63, 3.8) is 0 Å². The zero-order valence-electron chi connectivity index (χ0n) is 16.6. The molecule has 0 aliphatic carbocycles. The minimum atomic E-state index is -0.697. The number of carbonyl (C=O) groups excluding carboxylic acids is 1. The first-order valence-electron chi connectivity index (χ1n) is 9.12. The molecule has 1 amide bonds. The Kier molecular flexibility index (Phi) is 4.93. The molecule has 0 radical (unpaired) electrons. The largest absolute Gasteiger partial charge is 0.496 e. The fraction of sp³-hybridized carbons (Fsp3) is 0.143. The molecule has 2 aromatic heterocycles. The number of ether oxygens (including phenoxy) is 1. The monoisotopic (exact) mass is 402 g/mol. The number of rotatable bonds is 4. The molecule has 9 nitrogen and oxygen atoms in total. The number of hydrazone groups is 1. The van der Waals surface area contributed by atoms with Gasteiger partial charge in [0, 0.05) is 11.8 Å². The number of amides is 1. The molecular formula is C21H18N6O3. The van der Waals surface area contributed by atoms with Gasteiger partial charge < -0.3 is 4.74 Å². The predicted molar refractivity (Wildman–Crippen MR) is 112 cm³/mol. The molecule has 4 aromatic rings. The molecular weight excluding hydrogens is 384 g/mol. The van der Waals surface area contributed by atoms with Crippen molar-refractivity contribution < 1.29 is 9.53 Å². The normalized spacial score (nSPS) is 11.3. The van der Waals surface area contributed by atoms with E-state index in [1.165, 1.54) is 12.4 Å². The van der Waals surface area contributed by atoms with Gasteiger partial charge in [0.2, 0.25) is 0 Å². The minimum absolute atomic E-state index is 0.128. The topological polar surface area (TPSA) is 111 Å². The van der Waals surface area contributed by atoms with Crippen molar-refractivity contribution in [3.05, 3.63) is 75.5 Å². The quantitative estimate of drug-likeness (QED) is 0.413. The number of aromatic nitrogens is 4. The number of aryl methyl sites for hydroxylation is 2. The number of benzene rings is 2. The third-order valence-electron chi connectivity index (χ3n) is 4.72. The van der Waals surface area contributed by atoms with Crippen molar-refractivity contribution in [2.24, 2.45) is 5.10 Å². The molecule has 2 heterocycles. The highest BCUT2D eigenvalue weighted by molar-refractivity contribution is 6.03. The zero-order chi connectivity index (χ0) is 21.3. The number of methoxy groups -OCH3 is 1. The Hall–Kier alpha value is -4.14. The summed E-state index contributed by atoms with van der Waals surface area (Å²) in [5, 5.41) is 10.1. The van der Waals surface area contributed by atoms with E-state index in [1.807, 2.05) is 36.4 Å². The molecule has 0 aliphatic rings. The van der Waals surface area contributed by atoms with Crippen LogP contribution < -0.4 is 15.7 Å². The minimum Gasteiger partial charge on any atom is -0.496 e. The molecule has 9 heteroatoms. The standard InChI is InChI=1S/C21H18N6O3/c1-12-13(2)26-27-20(29)17(10-22-21(27)24-12)19(28)25-23-11-16-15-7-5-4-6-14(15)8-9-18(16)30-3/h4-11H,1-3H3,(H,25,28)/b23-11+. The van der Waals surface area contributed by atoms with E-state index >= 15 is 0 Å². The lowest BCUT2D eigenvalue weighted by Crippen LogP contribution is -2.31. The van der Waals surface area contributed by atoms with Crippen molar-refractivity contribution in [1.29, 1.82) is 0 Å². The zero-order valence-corrected chi connectivity index (χ0v) is 16.6. The van der Waals surface area contributed by atoms with Gasteiger partial charge in [-0.05, 0) is 30.7 Å². The molecule has 4 rings (SSSR count). The Morgan fingerprint density at radius 3 is 2.77 bits per heavy atom. The predicted octanol–water partition coefficient (Wildman–Crippen LogP) is 2.03. The highest BCUT2D eigenvalue weighted by atomic mass is 16.5. The molecule has 0 unspecified atom stereocenters. The van der Waals surface area contributed by atoms with E-state index in [0.717, 1.165) is 15.3 Å². The van der Waals surface area contributed by atoms with Crippen molar-refractivity contribution in [2.75, 3.05) is 7.11 Å². The summed E-state index contributed by atoms with van der Waals surface area (Å²) in [5.74, 6) is 0.0429. The number of hydrogen-bond acceptors (Lipinski definition) is 7. The van der Waals surface area contributed by atoms with E-state index in [-0.39, 0.29) is 11.3 Å². The van der Waals surface area contributed by atoms with Gasteiger partial charge in [0.25, 0.3) is 17.2 Å². The van der Waals surface area contributed by atoms with Crippen LogP contribution in [0.15, 0.2) is 52.5 Å². The molecule has 0 spiro atoms. The van der Waals surface area contributed by atoms with E-state index in [2.05, 4.69) is 25.6 Å². The van der Waals surface area contributed by atoms with Gasteiger partial charge in [0.05, 0.1) is 24.7 Å². The lowest BCUT2D eigenvalue weighted by molar-refractivity contribution is 0.0953. The Morgan fingerprint density at radius 2 is 1.97 bits per heavy atom. The van der Waals surface area contributed by atoms with Crippen LogP contribution in [0.4, 0.5) is 0 Å². The Morgan fingerprint density at radius 1 is 1.17 bits per heavy atom. The molecule has 0 bridgehead atoms. The van der Waals surface area contributed by atoms with Crippen molar-refractivity contribution >= 4 is 28.7 Å². The van der Waals surface area contributed by atoms with Crippen molar-refractivity contribution in [1.82, 2.24) is 25.0 Å². The molecule has 150 valence electrons. The molecule has 0 saturated heterocycles. The first-order valence-corrected chi connectivity index (χ1v) is 9.12. The third-order valence-corrected chi connectivity index (χ3v) is 4.72. The molecule has 0 atom stereocenters. The summed E-state index contributed by atoms with van der Waals surface area (Å²) in [7, 11) is 1.56. The van der Waals surface area contributed by atoms with Gasteiger partial charge in [-0.2, -0.15) is 14.7 Å². The number of nitrogens with one attached hydrogen (secondary N) is 1. The summed E-state index contributed by atoms with van der Waals surface area (Å²) in [6.07, 6.45) is 2.66. The van der Waals surface area contributed by atoms with Gasteiger partial charge in [0.1, 0.15) is 11.3 Å². The second-order valence-electron chi connectivity index (χ2n) is 6.57. The van der Waals surface area contributed by atoms with E-state index in [1.54, 1.807) is 21.0 Å². The Balaban J connectivity index is 1.65. The summed E-state index contributed by atoms with van der Waals surface area (Å²) >= 11 is 0. The van der Waals surface area contributed by atoms with Crippen LogP contribution in [0, 0.1) is 13.8 Å². The van der Waals surface area contributed by atoms with E-state index in [9.17, 15) is 9.59 Å². The highest BCUT2D eigenvalue weighted by Crippen LogP contribution is 2.26. The van der Waals surface area contributed by atoms with E-state index in [4.69, 9.17) is 4.74 Å². The van der Waals surface area contributed by atoms with Gasteiger partial charge >= 0.3 is 0 Å². The van der Waals surface area contributed by atoms with E-state index < -0.39 is 11.5 Å². The number of fused-ring (bicyclic) bond motifs is 2. The maximum absolute atomic E-state index is 12.6. The van der Waals surface area contributed by atoms with Gasteiger partial charge in [-0.25, -0.2) is 15.4 Å². The smallest absolute Gasteiger partial charge is 0.288 e. The first kappa shape index (κ1) is 19.2. The Bertz CT molecular complexity index is 1380. The summed E-state index contributed by atoms with van der Waals surface area (Å²) < 4.78 is 6.41. The van der Waals surface area contributed by atoms with Crippen LogP contribution in [0.5, 0.6) is 5.75 Å². The molecule has 0 aliphatic heterocycles. The maximum Gasteiger partial charge on any atom is 0.288 e. The fourth-order valence-electron chi connectivity index (χ4n) is 3.01. The Labute approximate surface area is 171 Å². The van der Waals surface area contributed by atoms with Gasteiger partial charge in [-0.1, -0.05) is 30.3 Å². The highest BCUT2D eigenvalue weighted by Gasteiger charge is 2.15. The SMILES string of the molecule is COc1ccc2ccccc2c1/C=N/NC(=O)c1cnc2nc(C)c(C)nn2c1=O. The van der Waals surface area contributed by atoms with Gasteiger partial charge in [-0.3, -0.25) is 9.59 Å². The summed E-state index contributed by atoms with van der Waals surface area (Å²) in [5.41, 5.74) is 3.50. The number of carbonyl (C=O) groups is 1. The summed E-state index contributed by atoms with van der Waals surface area (Å²) in [6, 6.07) is 11.5. The lowest BCUT2D eigenvalue weighted by atomic mass is 10.0. The fourth-order valence-corrected chi connectivity index (χ4v) is 3.01. The molecule has 30 heavy (non-hydrogen) atoms. The summed E-state index contributed by atoms with van der Waals surface area (Å²) in [4.78, 5) is 33.4. The third kappa shape index (κ3) is 3.37. The number of hydrogen-bond donors (Lipinski definition) is 1. The van der Waals surface area contributed by atoms with Crippen LogP contribution in [0.25, 0.3) is 16.6 Å². The second kappa shape index (κ2) is 7.70. The van der Waals surface area contributed by atoms with Crippen LogP contribution in [-0.4, -0.2) is 38.8 Å². The first-order chi connectivity index (χ1) is 14.5. The maximum atomic E-state index is 12.6. The van der Waals surface area contributed by atoms with Crippen LogP contribution in [-0.2, 0) is 0 Å². The van der Waals surface area contributed by atoms with Crippen LogP contribution >= 0.6 is 0 Å². The lowest BCUT2D eigenvalue weighted by Gasteiger charge is -2.08. The molecule has 0 fully saturated rings. The molecule has 1 N–H and O–H groups in total. The van der Waals surface area contributed by atoms with Crippen LogP contribution in [0.3, 0.4) is 0 Å². The molecule has 2 aromatic carbocycles. The average molecular weight is 402 g/mol. The van der Waals surface area contributed by atoms with Crippen LogP contribution in [0.1, 0.15) is 27.3 Å².